The molecule has 0 aliphatic carbocycles. The molecule has 11 nitrogen and oxygen atoms in total. The maximum atomic E-state index is 13.9. The lowest BCUT2D eigenvalue weighted by atomic mass is 10.0. The van der Waals surface area contributed by atoms with E-state index >= 15 is 0 Å². The fraction of sp³-hybridized carbons (Fsp3) is 0.429. The third-order valence-electron chi connectivity index (χ3n) is 7.65. The van der Waals surface area contributed by atoms with Gasteiger partial charge in [-0.1, -0.05) is 42.5 Å². The quantitative estimate of drug-likeness (QED) is 0.217. The van der Waals surface area contributed by atoms with Crippen molar-refractivity contribution in [1.29, 1.82) is 0 Å². The Morgan fingerprint density at radius 2 is 1.57 bits per heavy atom. The Labute approximate surface area is 277 Å². The monoisotopic (exact) mass is 667 g/mol. The summed E-state index contributed by atoms with van der Waals surface area (Å²) in [7, 11) is -2.09. The largest absolute Gasteiger partial charge is 0.497 e. The van der Waals surface area contributed by atoms with Crippen molar-refractivity contribution < 1.29 is 37.0 Å². The number of nitrogens with one attached hydrogen (secondary N) is 1. The summed E-state index contributed by atoms with van der Waals surface area (Å²) in [5.41, 5.74) is 1.72. The Balaban J connectivity index is 1.52. The lowest BCUT2D eigenvalue weighted by Gasteiger charge is -2.31. The van der Waals surface area contributed by atoms with Crippen LogP contribution in [-0.2, 0) is 42.1 Å². The maximum absolute atomic E-state index is 13.9. The molecular formula is C35H45N3O8S. The van der Waals surface area contributed by atoms with Gasteiger partial charge in [0.2, 0.25) is 15.9 Å². The van der Waals surface area contributed by atoms with Crippen molar-refractivity contribution >= 4 is 21.8 Å². The summed E-state index contributed by atoms with van der Waals surface area (Å²) in [6, 6.07) is 22.0. The van der Waals surface area contributed by atoms with Crippen molar-refractivity contribution in [3.05, 3.63) is 90.0 Å². The van der Waals surface area contributed by atoms with E-state index in [1.807, 2.05) is 68.4 Å². The molecule has 47 heavy (non-hydrogen) atoms. The predicted molar refractivity (Wildman–Crippen MR) is 178 cm³/mol. The molecule has 0 spiro atoms. The Hall–Kier alpha value is -3.97. The Morgan fingerprint density at radius 3 is 2.21 bits per heavy atom. The summed E-state index contributed by atoms with van der Waals surface area (Å²) in [5.74, 6) is 0.331. The molecule has 3 aromatic rings. The van der Waals surface area contributed by atoms with E-state index in [4.69, 9.17) is 18.9 Å². The molecule has 0 bridgehead atoms. The van der Waals surface area contributed by atoms with Gasteiger partial charge in [0.15, 0.2) is 6.61 Å². The van der Waals surface area contributed by atoms with Crippen molar-refractivity contribution in [2.45, 2.75) is 50.3 Å². The lowest BCUT2D eigenvalue weighted by molar-refractivity contribution is -0.142. The average molecular weight is 668 g/mol. The van der Waals surface area contributed by atoms with E-state index < -0.39 is 22.0 Å². The van der Waals surface area contributed by atoms with Gasteiger partial charge in [0, 0.05) is 39.2 Å². The zero-order chi connectivity index (χ0) is 33.6. The minimum Gasteiger partial charge on any atom is -0.497 e. The molecule has 1 saturated heterocycles. The summed E-state index contributed by atoms with van der Waals surface area (Å²) in [5, 5.41) is 2.99. The van der Waals surface area contributed by atoms with Gasteiger partial charge < -0.3 is 29.2 Å². The fourth-order valence-corrected chi connectivity index (χ4v) is 6.48. The number of amides is 2. The average Bonchev–Trinajstić information content (AvgIpc) is 3.09. The Bertz CT molecular complexity index is 1510. The molecule has 0 aromatic heterocycles. The van der Waals surface area contributed by atoms with Crippen LogP contribution in [0.3, 0.4) is 0 Å². The molecule has 0 saturated carbocycles. The van der Waals surface area contributed by atoms with Gasteiger partial charge in [-0.05, 0) is 67.8 Å². The molecule has 1 fully saturated rings. The van der Waals surface area contributed by atoms with Crippen LogP contribution in [0.4, 0.5) is 0 Å². The van der Waals surface area contributed by atoms with Crippen molar-refractivity contribution in [3.63, 3.8) is 0 Å². The van der Waals surface area contributed by atoms with E-state index in [9.17, 15) is 18.0 Å². The first-order valence-electron chi connectivity index (χ1n) is 15.8. The molecule has 0 unspecified atom stereocenters. The number of rotatable bonds is 17. The summed E-state index contributed by atoms with van der Waals surface area (Å²) in [4.78, 5) is 29.3. The van der Waals surface area contributed by atoms with Crippen molar-refractivity contribution in [1.82, 2.24) is 14.5 Å². The smallest absolute Gasteiger partial charge is 0.261 e. The van der Waals surface area contributed by atoms with Crippen LogP contribution in [0.5, 0.6) is 11.5 Å². The van der Waals surface area contributed by atoms with Gasteiger partial charge in [0.05, 0.1) is 31.3 Å². The molecule has 4 rings (SSSR count). The van der Waals surface area contributed by atoms with Crippen LogP contribution in [0.1, 0.15) is 31.4 Å². The van der Waals surface area contributed by atoms with Gasteiger partial charge in [-0.3, -0.25) is 9.59 Å². The van der Waals surface area contributed by atoms with Gasteiger partial charge in [-0.15, -0.1) is 0 Å². The number of methoxy groups -OCH3 is 1. The highest BCUT2D eigenvalue weighted by Gasteiger charge is 2.31. The van der Waals surface area contributed by atoms with Gasteiger partial charge in [-0.25, -0.2) is 8.42 Å². The Morgan fingerprint density at radius 1 is 0.915 bits per heavy atom. The SMILES string of the molecule is COc1ccc(CN(C(=O)COc2ccc(S(=O)(=O)N3CCOCC3)cc2)[C@@H](Cc2ccccc2)C(=O)NCCCOC(C)C)cc1. The van der Waals surface area contributed by atoms with Crippen molar-refractivity contribution in [2.24, 2.45) is 0 Å². The predicted octanol–water partition coefficient (Wildman–Crippen LogP) is 3.67. The summed E-state index contributed by atoms with van der Waals surface area (Å²) in [6.07, 6.45) is 1.03. The number of hydrogen-bond acceptors (Lipinski definition) is 8. The van der Waals surface area contributed by atoms with Crippen LogP contribution < -0.4 is 14.8 Å². The number of hydrogen-bond donors (Lipinski definition) is 1. The first kappa shape index (κ1) is 35.9. The molecule has 3 aromatic carbocycles. The summed E-state index contributed by atoms with van der Waals surface area (Å²) < 4.78 is 49.5. The number of morpholine rings is 1. The van der Waals surface area contributed by atoms with E-state index in [1.54, 1.807) is 7.11 Å². The second-order valence-electron chi connectivity index (χ2n) is 11.4. The molecule has 254 valence electrons. The van der Waals surface area contributed by atoms with Crippen LogP contribution in [0.2, 0.25) is 0 Å². The minimum absolute atomic E-state index is 0.0968. The number of ether oxygens (including phenoxy) is 4. The first-order valence-corrected chi connectivity index (χ1v) is 17.3. The molecule has 1 aliphatic heterocycles. The summed E-state index contributed by atoms with van der Waals surface area (Å²) >= 11 is 0. The van der Waals surface area contributed by atoms with Crippen LogP contribution in [0.15, 0.2) is 83.8 Å². The highest BCUT2D eigenvalue weighted by Crippen LogP contribution is 2.22. The highest BCUT2D eigenvalue weighted by atomic mass is 32.2. The highest BCUT2D eigenvalue weighted by molar-refractivity contribution is 7.89. The normalized spacial score (nSPS) is 14.4. The van der Waals surface area contributed by atoms with E-state index in [0.717, 1.165) is 11.1 Å². The Kier molecular flexibility index (Phi) is 13.6. The third-order valence-corrected chi connectivity index (χ3v) is 9.56. The second-order valence-corrected chi connectivity index (χ2v) is 13.4. The maximum Gasteiger partial charge on any atom is 0.261 e. The van der Waals surface area contributed by atoms with Gasteiger partial charge in [0.1, 0.15) is 17.5 Å². The number of sulfonamides is 1. The number of nitrogens with zero attached hydrogens (tertiary/aromatic N) is 2. The van der Waals surface area contributed by atoms with E-state index in [0.29, 0.717) is 63.8 Å². The van der Waals surface area contributed by atoms with E-state index in [-0.39, 0.29) is 30.1 Å². The third kappa shape index (κ3) is 10.8. The van der Waals surface area contributed by atoms with Crippen molar-refractivity contribution in [2.75, 3.05) is 53.2 Å². The zero-order valence-corrected chi connectivity index (χ0v) is 28.1. The topological polar surface area (TPSA) is 124 Å². The van der Waals surface area contributed by atoms with Crippen LogP contribution in [0.25, 0.3) is 0 Å². The molecule has 0 radical (unpaired) electrons. The molecule has 1 atom stereocenters. The standard InChI is InChI=1S/C35H45N3O8S/c1-27(2)45-21-7-18-36-35(40)33(24-28-8-5-4-6-9-28)38(25-29-10-12-30(43-3)13-11-29)34(39)26-46-31-14-16-32(17-15-31)47(41,42)37-19-22-44-23-20-37/h4-6,8-17,27,33H,7,18-26H2,1-3H3,(H,36,40)/t33-/m0/s1. The molecule has 1 heterocycles. The molecule has 2 amide bonds. The van der Waals surface area contributed by atoms with Gasteiger partial charge in [0.25, 0.3) is 5.91 Å². The minimum atomic E-state index is -3.67. The molecule has 12 heteroatoms. The van der Waals surface area contributed by atoms with Crippen LogP contribution in [-0.4, -0.2) is 94.8 Å². The van der Waals surface area contributed by atoms with Gasteiger partial charge >= 0.3 is 0 Å². The molecular weight excluding hydrogens is 622 g/mol. The fourth-order valence-electron chi connectivity index (χ4n) is 5.07. The van der Waals surface area contributed by atoms with Gasteiger partial charge in [-0.2, -0.15) is 4.31 Å². The summed E-state index contributed by atoms with van der Waals surface area (Å²) in [6.45, 7) is 5.93. The molecule has 1 N–H and O–H groups in total. The van der Waals surface area contributed by atoms with Crippen LogP contribution in [0, 0.1) is 0 Å². The first-order chi connectivity index (χ1) is 22.7. The van der Waals surface area contributed by atoms with E-state index in [2.05, 4.69) is 5.32 Å². The van der Waals surface area contributed by atoms with Crippen LogP contribution >= 0.6 is 0 Å². The number of carbonyl (C=O) groups is 2. The van der Waals surface area contributed by atoms with E-state index in [1.165, 1.54) is 33.5 Å². The zero-order valence-electron chi connectivity index (χ0n) is 27.3. The second kappa shape index (κ2) is 17.8. The number of carbonyl (C=O) groups excluding carboxylic acids is 2. The number of benzene rings is 3. The lowest BCUT2D eigenvalue weighted by Crippen LogP contribution is -2.52. The van der Waals surface area contributed by atoms with Crippen molar-refractivity contribution in [3.8, 4) is 11.5 Å². The molecule has 1 aliphatic rings.